The first-order valence-corrected chi connectivity index (χ1v) is 10.5. The summed E-state index contributed by atoms with van der Waals surface area (Å²) in [5.41, 5.74) is 0.138. The Bertz CT molecular complexity index is 913. The Balaban J connectivity index is 1.56. The summed E-state index contributed by atoms with van der Waals surface area (Å²) in [6.45, 7) is 1.34. The number of nitrogens with zero attached hydrogens (tertiary/aromatic N) is 1. The third kappa shape index (κ3) is 5.38. The second-order valence-corrected chi connectivity index (χ2v) is 7.52. The van der Waals surface area contributed by atoms with Gasteiger partial charge in [0, 0.05) is 26.6 Å². The summed E-state index contributed by atoms with van der Waals surface area (Å²) in [7, 11) is 1.60. The highest BCUT2D eigenvalue weighted by atomic mass is 16.5. The normalized spacial score (nSPS) is 18.0. The number of hydrogen-bond donors (Lipinski definition) is 1. The van der Waals surface area contributed by atoms with Gasteiger partial charge in [-0.15, -0.1) is 0 Å². The van der Waals surface area contributed by atoms with Crippen LogP contribution in [-0.2, 0) is 23.9 Å². The van der Waals surface area contributed by atoms with Crippen LogP contribution in [0.1, 0.15) is 52.8 Å². The average molecular weight is 446 g/mol. The van der Waals surface area contributed by atoms with Gasteiger partial charge in [-0.3, -0.25) is 34.2 Å². The summed E-state index contributed by atoms with van der Waals surface area (Å²) >= 11 is 0. The van der Waals surface area contributed by atoms with Gasteiger partial charge in [-0.25, -0.2) is 0 Å². The lowest BCUT2D eigenvalue weighted by molar-refractivity contribution is -0.136. The molecule has 10 heteroatoms. The van der Waals surface area contributed by atoms with Gasteiger partial charge in [0.05, 0.1) is 24.3 Å². The van der Waals surface area contributed by atoms with Gasteiger partial charge in [-0.05, 0) is 31.4 Å². The van der Waals surface area contributed by atoms with Crippen molar-refractivity contribution in [1.82, 2.24) is 10.2 Å². The predicted octanol–water partition coefficient (Wildman–Crippen LogP) is 0.869. The summed E-state index contributed by atoms with van der Waals surface area (Å²) in [4.78, 5) is 62.3. The fraction of sp³-hybridized carbons (Fsp3) is 0.500. The minimum atomic E-state index is -1.05. The standard InChI is InChI=1S/C22H26N2O8/c1-30-11-12-31-10-3-2-5-14(25)13-32-17-7-4-6-15-19(17)22(29)24(21(15)28)16-8-9-18(26)23-20(16)27/h4,6-7,16H,2-3,5,8-13H2,1H3,(H,23,26,27). The molecule has 2 heterocycles. The Morgan fingerprint density at radius 3 is 2.66 bits per heavy atom. The number of rotatable bonds is 12. The molecule has 1 saturated heterocycles. The molecule has 1 fully saturated rings. The van der Waals surface area contributed by atoms with E-state index in [4.69, 9.17) is 14.2 Å². The number of carbonyl (C=O) groups excluding carboxylic acids is 5. The minimum Gasteiger partial charge on any atom is -0.485 e. The molecular formula is C22H26N2O8. The lowest BCUT2D eigenvalue weighted by Crippen LogP contribution is -2.54. The van der Waals surface area contributed by atoms with E-state index in [2.05, 4.69) is 5.32 Å². The third-order valence-corrected chi connectivity index (χ3v) is 5.24. The largest absolute Gasteiger partial charge is 0.485 e. The number of piperidine rings is 1. The van der Waals surface area contributed by atoms with Crippen molar-refractivity contribution in [3.05, 3.63) is 29.3 Å². The Morgan fingerprint density at radius 1 is 1.09 bits per heavy atom. The second-order valence-electron chi connectivity index (χ2n) is 7.52. The van der Waals surface area contributed by atoms with Crippen LogP contribution >= 0.6 is 0 Å². The van der Waals surface area contributed by atoms with Crippen LogP contribution in [0, 0.1) is 0 Å². The van der Waals surface area contributed by atoms with Gasteiger partial charge >= 0.3 is 0 Å². The van der Waals surface area contributed by atoms with Crippen molar-refractivity contribution in [2.75, 3.05) is 33.5 Å². The van der Waals surface area contributed by atoms with E-state index in [0.29, 0.717) is 32.7 Å². The van der Waals surface area contributed by atoms with E-state index < -0.39 is 29.7 Å². The monoisotopic (exact) mass is 446 g/mol. The molecule has 3 rings (SSSR count). The average Bonchev–Trinajstić information content (AvgIpc) is 3.02. The van der Waals surface area contributed by atoms with Crippen LogP contribution in [0.4, 0.5) is 0 Å². The first-order valence-electron chi connectivity index (χ1n) is 10.5. The summed E-state index contributed by atoms with van der Waals surface area (Å²) in [5, 5.41) is 2.15. The molecule has 2 aliphatic rings. The number of Topliss-reactive ketones (excluding diaryl/α,β-unsaturated/α-hetero) is 1. The van der Waals surface area contributed by atoms with Crippen molar-refractivity contribution >= 4 is 29.4 Å². The number of amides is 4. The number of methoxy groups -OCH3 is 1. The van der Waals surface area contributed by atoms with E-state index in [-0.39, 0.29) is 42.1 Å². The first-order chi connectivity index (χ1) is 15.4. The molecule has 1 aromatic carbocycles. The second kappa shape index (κ2) is 11.0. The molecule has 4 amide bonds. The molecule has 0 saturated carbocycles. The molecule has 1 unspecified atom stereocenters. The fourth-order valence-electron chi connectivity index (χ4n) is 3.61. The highest BCUT2D eigenvalue weighted by molar-refractivity contribution is 6.24. The van der Waals surface area contributed by atoms with Gasteiger partial charge in [0.25, 0.3) is 11.8 Å². The van der Waals surface area contributed by atoms with Crippen LogP contribution in [0.2, 0.25) is 0 Å². The molecule has 0 spiro atoms. The van der Waals surface area contributed by atoms with Crippen molar-refractivity contribution in [3.8, 4) is 5.75 Å². The molecule has 0 aromatic heterocycles. The maximum atomic E-state index is 13.0. The molecule has 32 heavy (non-hydrogen) atoms. The molecule has 2 aliphatic heterocycles. The molecule has 172 valence electrons. The minimum absolute atomic E-state index is 0.0292. The third-order valence-electron chi connectivity index (χ3n) is 5.24. The number of imide groups is 2. The van der Waals surface area contributed by atoms with E-state index in [0.717, 1.165) is 11.3 Å². The number of ether oxygens (including phenoxy) is 3. The summed E-state index contributed by atoms with van der Waals surface area (Å²) in [6.07, 6.45) is 1.78. The zero-order valence-corrected chi connectivity index (χ0v) is 17.9. The lowest BCUT2D eigenvalue weighted by Gasteiger charge is -2.27. The van der Waals surface area contributed by atoms with E-state index in [1.807, 2.05) is 0 Å². The molecule has 0 bridgehead atoms. The molecule has 0 radical (unpaired) electrons. The molecule has 1 N–H and O–H groups in total. The zero-order valence-electron chi connectivity index (χ0n) is 17.9. The summed E-state index contributed by atoms with van der Waals surface area (Å²) < 4.78 is 15.8. The Kier molecular flexibility index (Phi) is 8.07. The lowest BCUT2D eigenvalue weighted by atomic mass is 10.0. The zero-order chi connectivity index (χ0) is 23.1. The van der Waals surface area contributed by atoms with Crippen LogP contribution in [0.15, 0.2) is 18.2 Å². The number of hydrogen-bond acceptors (Lipinski definition) is 8. The van der Waals surface area contributed by atoms with Crippen molar-refractivity contribution in [3.63, 3.8) is 0 Å². The van der Waals surface area contributed by atoms with Gasteiger partial charge in [-0.1, -0.05) is 6.07 Å². The highest BCUT2D eigenvalue weighted by Crippen LogP contribution is 2.33. The first kappa shape index (κ1) is 23.6. The SMILES string of the molecule is COCCOCCCCC(=O)COc1cccc2c1C(=O)N(C1CCC(=O)NC1=O)C2=O. The number of benzene rings is 1. The Morgan fingerprint density at radius 2 is 1.91 bits per heavy atom. The van der Waals surface area contributed by atoms with E-state index in [1.165, 1.54) is 12.1 Å². The predicted molar refractivity (Wildman–Crippen MR) is 110 cm³/mol. The van der Waals surface area contributed by atoms with E-state index in [1.54, 1.807) is 13.2 Å². The molecule has 1 atom stereocenters. The maximum Gasteiger partial charge on any atom is 0.266 e. The highest BCUT2D eigenvalue weighted by Gasteiger charge is 2.46. The maximum absolute atomic E-state index is 13.0. The van der Waals surface area contributed by atoms with Crippen molar-refractivity contribution in [1.29, 1.82) is 0 Å². The van der Waals surface area contributed by atoms with E-state index in [9.17, 15) is 24.0 Å². The molecule has 0 aliphatic carbocycles. The number of fused-ring (bicyclic) bond motifs is 1. The van der Waals surface area contributed by atoms with E-state index >= 15 is 0 Å². The number of nitrogens with one attached hydrogen (secondary N) is 1. The Labute approximate surface area is 185 Å². The Hall–Kier alpha value is -3.11. The molecule has 1 aromatic rings. The van der Waals surface area contributed by atoms with Gasteiger partial charge < -0.3 is 14.2 Å². The van der Waals surface area contributed by atoms with Crippen molar-refractivity contribution in [2.45, 2.75) is 38.1 Å². The van der Waals surface area contributed by atoms with Gasteiger partial charge in [0.15, 0.2) is 5.78 Å². The topological polar surface area (TPSA) is 128 Å². The van der Waals surface area contributed by atoms with Gasteiger partial charge in [0.2, 0.25) is 11.8 Å². The van der Waals surface area contributed by atoms with Crippen LogP contribution in [0.25, 0.3) is 0 Å². The van der Waals surface area contributed by atoms with Crippen LogP contribution in [0.3, 0.4) is 0 Å². The van der Waals surface area contributed by atoms with Crippen LogP contribution in [0.5, 0.6) is 5.75 Å². The molecular weight excluding hydrogens is 420 g/mol. The fourth-order valence-corrected chi connectivity index (χ4v) is 3.61. The number of ketones is 1. The number of unbranched alkanes of at least 4 members (excludes halogenated alkanes) is 1. The number of carbonyl (C=O) groups is 5. The van der Waals surface area contributed by atoms with Crippen molar-refractivity contribution < 1.29 is 38.2 Å². The van der Waals surface area contributed by atoms with Gasteiger partial charge in [-0.2, -0.15) is 0 Å². The smallest absolute Gasteiger partial charge is 0.266 e. The van der Waals surface area contributed by atoms with Crippen molar-refractivity contribution in [2.24, 2.45) is 0 Å². The van der Waals surface area contributed by atoms with Crippen LogP contribution < -0.4 is 10.1 Å². The summed E-state index contributed by atoms with van der Waals surface area (Å²) in [6, 6.07) is 3.48. The quantitative estimate of drug-likeness (QED) is 0.370. The van der Waals surface area contributed by atoms with Crippen LogP contribution in [-0.4, -0.2) is 73.9 Å². The van der Waals surface area contributed by atoms with Gasteiger partial charge in [0.1, 0.15) is 18.4 Å². The summed E-state index contributed by atoms with van der Waals surface area (Å²) in [5.74, 6) is -2.43. The molecule has 10 nitrogen and oxygen atoms in total.